The van der Waals surface area contributed by atoms with Gasteiger partial charge in [-0.15, -0.1) is 0 Å². The van der Waals surface area contributed by atoms with Crippen LogP contribution in [0.2, 0.25) is 0 Å². The predicted octanol–water partition coefficient (Wildman–Crippen LogP) is 4.84. The molecule has 0 saturated carbocycles. The minimum absolute atomic E-state index is 0.259. The van der Waals surface area contributed by atoms with Crippen molar-refractivity contribution in [1.29, 1.82) is 0 Å². The molecule has 0 aliphatic rings. The lowest BCUT2D eigenvalue weighted by Crippen LogP contribution is -2.26. The normalized spacial score (nSPS) is 12.1. The number of halogens is 7. The van der Waals surface area contributed by atoms with Gasteiger partial charge in [0.15, 0.2) is 5.82 Å². The zero-order valence-corrected chi connectivity index (χ0v) is 14.6. The number of carbonyl (C=O) groups excluding carboxylic acids is 1. The van der Waals surface area contributed by atoms with Crippen LogP contribution in [0.4, 0.5) is 30.7 Å². The number of amides is 1. The molecule has 3 rings (SSSR count). The van der Waals surface area contributed by atoms with Crippen LogP contribution in [0, 0.1) is 5.82 Å². The second-order valence-corrected chi connectivity index (χ2v) is 5.93. The molecule has 12 heteroatoms. The van der Waals surface area contributed by atoms with Crippen molar-refractivity contribution in [3.8, 4) is 11.5 Å². The number of benzene rings is 2. The van der Waals surface area contributed by atoms with Crippen molar-refractivity contribution >= 4 is 5.91 Å². The SMILES string of the molecule is O=C(NCc1noc(-c2ccc(F)cc2C(F)(F)F)n1)c1ccccc1C(F)(F)F. The van der Waals surface area contributed by atoms with Gasteiger partial charge in [-0.05, 0) is 30.3 Å². The summed E-state index contributed by atoms with van der Waals surface area (Å²) in [6.07, 6.45) is -9.66. The van der Waals surface area contributed by atoms with Gasteiger partial charge in [0, 0.05) is 0 Å². The summed E-state index contributed by atoms with van der Waals surface area (Å²) in [6.45, 7) is -0.517. The number of alkyl halides is 6. The maximum Gasteiger partial charge on any atom is 0.417 e. The largest absolute Gasteiger partial charge is 0.417 e. The van der Waals surface area contributed by atoms with Crippen molar-refractivity contribution in [3.63, 3.8) is 0 Å². The molecule has 158 valence electrons. The highest BCUT2D eigenvalue weighted by molar-refractivity contribution is 5.95. The first-order valence-corrected chi connectivity index (χ1v) is 8.11. The number of nitrogens with zero attached hydrogens (tertiary/aromatic N) is 2. The molecule has 0 fully saturated rings. The molecule has 2 aromatic carbocycles. The van der Waals surface area contributed by atoms with Crippen molar-refractivity contribution in [2.75, 3.05) is 0 Å². The van der Waals surface area contributed by atoms with Gasteiger partial charge in [0.1, 0.15) is 5.82 Å². The quantitative estimate of drug-likeness (QED) is 0.598. The monoisotopic (exact) mass is 433 g/mol. The van der Waals surface area contributed by atoms with Gasteiger partial charge in [0.25, 0.3) is 11.8 Å². The van der Waals surface area contributed by atoms with E-state index in [-0.39, 0.29) is 11.9 Å². The Balaban J connectivity index is 1.79. The summed E-state index contributed by atoms with van der Waals surface area (Å²) in [4.78, 5) is 15.8. The molecule has 3 aromatic rings. The lowest BCUT2D eigenvalue weighted by Gasteiger charge is -2.11. The Morgan fingerprint density at radius 3 is 2.30 bits per heavy atom. The molecule has 1 N–H and O–H groups in total. The standard InChI is InChI=1S/C18H10F7N3O2/c19-9-5-6-11(13(7-9)18(23,24)25)16-27-14(28-30-16)8-26-15(29)10-3-1-2-4-12(10)17(20,21)22/h1-7H,8H2,(H,26,29). The van der Waals surface area contributed by atoms with Crippen LogP contribution in [0.15, 0.2) is 47.0 Å². The first-order chi connectivity index (χ1) is 14.0. The summed E-state index contributed by atoms with van der Waals surface area (Å²) < 4.78 is 96.2. The first kappa shape index (κ1) is 21.3. The van der Waals surface area contributed by atoms with E-state index in [0.717, 1.165) is 30.3 Å². The van der Waals surface area contributed by atoms with Gasteiger partial charge < -0.3 is 9.84 Å². The van der Waals surface area contributed by atoms with Crippen LogP contribution in [0.1, 0.15) is 27.3 Å². The molecular formula is C18H10F7N3O2. The Bertz CT molecular complexity index is 1070. The highest BCUT2D eigenvalue weighted by atomic mass is 19.4. The smallest absolute Gasteiger partial charge is 0.345 e. The summed E-state index contributed by atoms with van der Waals surface area (Å²) in [6, 6.07) is 5.88. The second kappa shape index (κ2) is 7.76. The number of nitrogens with one attached hydrogen (secondary N) is 1. The van der Waals surface area contributed by atoms with Crippen LogP contribution in [0.25, 0.3) is 11.5 Å². The lowest BCUT2D eigenvalue weighted by atomic mass is 10.1. The zero-order valence-electron chi connectivity index (χ0n) is 14.6. The number of hydrogen-bond donors (Lipinski definition) is 1. The average Bonchev–Trinajstić information content (AvgIpc) is 3.13. The first-order valence-electron chi connectivity index (χ1n) is 8.11. The molecule has 0 bridgehead atoms. The topological polar surface area (TPSA) is 68.0 Å². The molecule has 5 nitrogen and oxygen atoms in total. The van der Waals surface area contributed by atoms with Gasteiger partial charge in [-0.3, -0.25) is 4.79 Å². The van der Waals surface area contributed by atoms with Crippen LogP contribution in [0.5, 0.6) is 0 Å². The minimum Gasteiger partial charge on any atom is -0.345 e. The Kier molecular flexibility index (Phi) is 5.51. The Morgan fingerprint density at radius 2 is 1.63 bits per heavy atom. The molecule has 1 heterocycles. The zero-order chi connectivity index (χ0) is 22.1. The fourth-order valence-corrected chi connectivity index (χ4v) is 2.56. The van der Waals surface area contributed by atoms with Crippen molar-refractivity contribution in [2.45, 2.75) is 18.9 Å². The number of aromatic nitrogens is 2. The average molecular weight is 433 g/mol. The number of rotatable bonds is 4. The highest BCUT2D eigenvalue weighted by Crippen LogP contribution is 2.37. The van der Waals surface area contributed by atoms with Gasteiger partial charge in [-0.2, -0.15) is 31.3 Å². The summed E-state index contributed by atoms with van der Waals surface area (Å²) in [7, 11) is 0. The number of carbonyl (C=O) groups is 1. The van der Waals surface area contributed by atoms with Crippen molar-refractivity contribution in [2.24, 2.45) is 0 Å². The van der Waals surface area contributed by atoms with Crippen LogP contribution in [-0.4, -0.2) is 16.0 Å². The van der Waals surface area contributed by atoms with E-state index >= 15 is 0 Å². The highest BCUT2D eigenvalue weighted by Gasteiger charge is 2.36. The summed E-state index contributed by atoms with van der Waals surface area (Å²) in [5, 5.41) is 5.53. The fourth-order valence-electron chi connectivity index (χ4n) is 2.56. The van der Waals surface area contributed by atoms with E-state index in [9.17, 15) is 35.5 Å². The summed E-state index contributed by atoms with van der Waals surface area (Å²) in [5.41, 5.74) is -3.73. The van der Waals surface area contributed by atoms with E-state index in [1.165, 1.54) is 6.07 Å². The molecule has 1 amide bonds. The molecule has 0 atom stereocenters. The van der Waals surface area contributed by atoms with E-state index in [2.05, 4.69) is 15.5 Å². The van der Waals surface area contributed by atoms with E-state index < -0.39 is 58.8 Å². The van der Waals surface area contributed by atoms with E-state index in [0.29, 0.717) is 0 Å². The number of hydrogen-bond acceptors (Lipinski definition) is 4. The third-order valence-corrected chi connectivity index (χ3v) is 3.87. The minimum atomic E-state index is -4.90. The molecule has 0 spiro atoms. The predicted molar refractivity (Wildman–Crippen MR) is 87.3 cm³/mol. The Hall–Kier alpha value is -3.44. The molecule has 0 saturated heterocycles. The third-order valence-electron chi connectivity index (χ3n) is 3.87. The summed E-state index contributed by atoms with van der Waals surface area (Å²) >= 11 is 0. The molecule has 0 aliphatic carbocycles. The maximum atomic E-state index is 13.2. The van der Waals surface area contributed by atoms with Crippen molar-refractivity contribution in [1.82, 2.24) is 15.5 Å². The van der Waals surface area contributed by atoms with Crippen LogP contribution in [0.3, 0.4) is 0 Å². The molecule has 0 aliphatic heterocycles. The molecule has 1 aromatic heterocycles. The molecule has 30 heavy (non-hydrogen) atoms. The van der Waals surface area contributed by atoms with Gasteiger partial charge >= 0.3 is 12.4 Å². The van der Waals surface area contributed by atoms with Gasteiger partial charge in [0.05, 0.1) is 28.8 Å². The van der Waals surface area contributed by atoms with Crippen molar-refractivity contribution < 1.29 is 40.1 Å². The Labute approximate surface area is 163 Å². The van der Waals surface area contributed by atoms with Crippen LogP contribution < -0.4 is 5.32 Å². The molecule has 0 radical (unpaired) electrons. The van der Waals surface area contributed by atoms with E-state index in [4.69, 9.17) is 4.52 Å². The van der Waals surface area contributed by atoms with Crippen LogP contribution in [-0.2, 0) is 18.9 Å². The lowest BCUT2D eigenvalue weighted by molar-refractivity contribution is -0.138. The van der Waals surface area contributed by atoms with Gasteiger partial charge in [-0.25, -0.2) is 4.39 Å². The van der Waals surface area contributed by atoms with E-state index in [1.54, 1.807) is 0 Å². The third kappa shape index (κ3) is 4.58. The van der Waals surface area contributed by atoms with Gasteiger partial charge in [-0.1, -0.05) is 17.3 Å². The van der Waals surface area contributed by atoms with Gasteiger partial charge in [0.2, 0.25) is 0 Å². The van der Waals surface area contributed by atoms with E-state index in [1.807, 2.05) is 0 Å². The summed E-state index contributed by atoms with van der Waals surface area (Å²) in [5.74, 6) is -3.10. The fraction of sp³-hybridized carbons (Fsp3) is 0.167. The molecule has 0 unspecified atom stereocenters. The van der Waals surface area contributed by atoms with Crippen LogP contribution >= 0.6 is 0 Å². The van der Waals surface area contributed by atoms with Crippen molar-refractivity contribution in [3.05, 3.63) is 70.8 Å². The second-order valence-electron chi connectivity index (χ2n) is 5.93. The maximum absolute atomic E-state index is 13.2. The Morgan fingerprint density at radius 1 is 0.967 bits per heavy atom. The molecular weight excluding hydrogens is 423 g/mol.